The first-order valence-corrected chi connectivity index (χ1v) is 9.33. The summed E-state index contributed by atoms with van der Waals surface area (Å²) in [6, 6.07) is 13.5. The van der Waals surface area contributed by atoms with Gasteiger partial charge >= 0.3 is 5.97 Å². The van der Waals surface area contributed by atoms with Crippen LogP contribution in [-0.2, 0) is 16.1 Å². The van der Waals surface area contributed by atoms with Gasteiger partial charge in [0.1, 0.15) is 12.4 Å². The number of unbranched alkanes of at least 4 members (excludes halogenated alkanes) is 1. The monoisotopic (exact) mass is 377 g/mol. The molecule has 0 radical (unpaired) electrons. The molecule has 1 aromatic heterocycles. The minimum atomic E-state index is -0.394. The molecular formula is C23H23NO4. The Bertz CT molecular complexity index is 973. The maximum Gasteiger partial charge on any atom is 0.330 e. The van der Waals surface area contributed by atoms with Crippen molar-refractivity contribution in [3.63, 3.8) is 0 Å². The minimum Gasteiger partial charge on any atom is -0.487 e. The number of H-pyrrole nitrogens is 1. The third-order valence-corrected chi connectivity index (χ3v) is 4.37. The fourth-order valence-corrected chi connectivity index (χ4v) is 2.89. The largest absolute Gasteiger partial charge is 0.487 e. The molecule has 0 saturated heterocycles. The van der Waals surface area contributed by atoms with Gasteiger partial charge in [-0.25, -0.2) is 4.79 Å². The summed E-state index contributed by atoms with van der Waals surface area (Å²) in [6.07, 6.45) is 7.29. The highest BCUT2D eigenvalue weighted by molar-refractivity contribution is 6.05. The van der Waals surface area contributed by atoms with Crippen molar-refractivity contribution in [2.45, 2.75) is 26.4 Å². The number of carbonyl (C=O) groups is 2. The summed E-state index contributed by atoms with van der Waals surface area (Å²) in [6.45, 7) is 2.87. The molecule has 0 aliphatic heterocycles. The molecule has 0 atom stereocenters. The van der Waals surface area contributed by atoms with Crippen LogP contribution >= 0.6 is 0 Å². The summed E-state index contributed by atoms with van der Waals surface area (Å²) in [5.41, 5.74) is 3.04. The molecule has 5 heteroatoms. The number of hydrogen-bond donors (Lipinski definition) is 1. The van der Waals surface area contributed by atoms with Crippen molar-refractivity contribution in [3.05, 3.63) is 71.4 Å². The van der Waals surface area contributed by atoms with Gasteiger partial charge in [0, 0.05) is 23.2 Å². The number of ether oxygens (including phenoxy) is 2. The van der Waals surface area contributed by atoms with Crippen LogP contribution in [0.25, 0.3) is 17.0 Å². The first-order chi connectivity index (χ1) is 13.7. The number of aromatic nitrogens is 1. The van der Waals surface area contributed by atoms with E-state index in [9.17, 15) is 9.59 Å². The molecule has 0 aliphatic carbocycles. The summed E-state index contributed by atoms with van der Waals surface area (Å²) in [5, 5.41) is 0.721. The first-order valence-electron chi connectivity index (χ1n) is 9.33. The van der Waals surface area contributed by atoms with Crippen LogP contribution in [0.4, 0.5) is 0 Å². The third-order valence-electron chi connectivity index (χ3n) is 4.37. The van der Waals surface area contributed by atoms with Gasteiger partial charge in [0.05, 0.1) is 12.1 Å². The van der Waals surface area contributed by atoms with Crippen LogP contribution in [0.1, 0.15) is 41.3 Å². The van der Waals surface area contributed by atoms with Crippen LogP contribution in [0.5, 0.6) is 5.75 Å². The zero-order chi connectivity index (χ0) is 19.8. The van der Waals surface area contributed by atoms with Crippen molar-refractivity contribution in [2.75, 3.05) is 6.61 Å². The summed E-state index contributed by atoms with van der Waals surface area (Å²) in [5.74, 6) is 0.254. The molecule has 0 bridgehead atoms. The lowest BCUT2D eigenvalue weighted by Crippen LogP contribution is -2.01. The molecule has 0 unspecified atom stereocenters. The molecule has 0 spiro atoms. The quantitative estimate of drug-likeness (QED) is 0.249. The molecule has 3 aromatic rings. The molecule has 1 heterocycles. The smallest absolute Gasteiger partial charge is 0.330 e. The van der Waals surface area contributed by atoms with Gasteiger partial charge in [0.2, 0.25) is 0 Å². The molecule has 0 amide bonds. The summed E-state index contributed by atoms with van der Waals surface area (Å²) < 4.78 is 11.1. The lowest BCUT2D eigenvalue weighted by atomic mass is 10.1. The molecule has 0 fully saturated rings. The second kappa shape index (κ2) is 9.55. The first kappa shape index (κ1) is 19.4. The number of benzene rings is 2. The van der Waals surface area contributed by atoms with Crippen LogP contribution < -0.4 is 4.74 Å². The van der Waals surface area contributed by atoms with Gasteiger partial charge in [-0.05, 0) is 29.7 Å². The molecule has 5 nitrogen and oxygen atoms in total. The van der Waals surface area contributed by atoms with Gasteiger partial charge in [-0.3, -0.25) is 4.79 Å². The fraction of sp³-hybridized carbons (Fsp3) is 0.217. The van der Waals surface area contributed by atoms with Gasteiger partial charge in [-0.2, -0.15) is 0 Å². The van der Waals surface area contributed by atoms with Crippen molar-refractivity contribution in [1.29, 1.82) is 0 Å². The zero-order valence-corrected chi connectivity index (χ0v) is 15.8. The van der Waals surface area contributed by atoms with E-state index in [1.54, 1.807) is 12.3 Å². The van der Waals surface area contributed by atoms with Crippen molar-refractivity contribution >= 4 is 29.2 Å². The maximum absolute atomic E-state index is 11.8. The lowest BCUT2D eigenvalue weighted by molar-refractivity contribution is -0.137. The zero-order valence-electron chi connectivity index (χ0n) is 15.8. The number of aromatic amines is 1. The van der Waals surface area contributed by atoms with Crippen molar-refractivity contribution in [3.8, 4) is 5.75 Å². The highest BCUT2D eigenvalue weighted by Gasteiger charge is 2.12. The van der Waals surface area contributed by atoms with Crippen LogP contribution in [0.15, 0.2) is 54.7 Å². The van der Waals surface area contributed by atoms with E-state index in [0.29, 0.717) is 24.5 Å². The number of nitrogens with one attached hydrogen (secondary N) is 1. The molecule has 2 aromatic carbocycles. The van der Waals surface area contributed by atoms with Crippen LogP contribution in [0, 0.1) is 0 Å². The Kier molecular flexibility index (Phi) is 6.63. The van der Waals surface area contributed by atoms with E-state index in [0.717, 1.165) is 41.2 Å². The standard InChI is InChI=1S/C23H23NO4/c1-2-3-13-27-21(26)12-10-18-9-11-20(23-22(18)19(15-25)14-24-23)28-16-17-7-5-4-6-8-17/h4-12,14-15,24H,2-3,13,16H2,1H3/b12-10+. The highest BCUT2D eigenvalue weighted by atomic mass is 16.5. The average Bonchev–Trinajstić information content (AvgIpc) is 3.17. The number of fused-ring (bicyclic) bond motifs is 1. The van der Waals surface area contributed by atoms with Crippen LogP contribution in [0.2, 0.25) is 0 Å². The Morgan fingerprint density at radius 1 is 1.11 bits per heavy atom. The number of hydrogen-bond acceptors (Lipinski definition) is 4. The third kappa shape index (κ3) is 4.68. The van der Waals surface area contributed by atoms with Gasteiger partial charge < -0.3 is 14.5 Å². The molecule has 144 valence electrons. The van der Waals surface area contributed by atoms with Gasteiger partial charge in [0.15, 0.2) is 6.29 Å². The molecule has 0 saturated carbocycles. The summed E-state index contributed by atoms with van der Waals surface area (Å²) in [4.78, 5) is 26.4. The Morgan fingerprint density at radius 3 is 2.68 bits per heavy atom. The van der Waals surface area contributed by atoms with Crippen molar-refractivity contribution < 1.29 is 19.1 Å². The van der Waals surface area contributed by atoms with E-state index < -0.39 is 5.97 Å². The Hall–Kier alpha value is -3.34. The Morgan fingerprint density at radius 2 is 1.93 bits per heavy atom. The lowest BCUT2D eigenvalue weighted by Gasteiger charge is -2.09. The normalized spacial score (nSPS) is 11.0. The highest BCUT2D eigenvalue weighted by Crippen LogP contribution is 2.31. The topological polar surface area (TPSA) is 68.4 Å². The fourth-order valence-electron chi connectivity index (χ4n) is 2.89. The van der Waals surface area contributed by atoms with Gasteiger partial charge in [-0.15, -0.1) is 0 Å². The molecule has 3 rings (SSSR count). The molecule has 1 N–H and O–H groups in total. The van der Waals surface area contributed by atoms with E-state index in [4.69, 9.17) is 9.47 Å². The molecular weight excluding hydrogens is 354 g/mol. The maximum atomic E-state index is 11.8. The Balaban J connectivity index is 1.83. The molecule has 0 aliphatic rings. The Labute approximate surface area is 164 Å². The SMILES string of the molecule is CCCCOC(=O)/C=C/c1ccc(OCc2ccccc2)c2[nH]cc(C=O)c12. The number of rotatable bonds is 9. The van der Waals surface area contributed by atoms with Crippen molar-refractivity contribution in [2.24, 2.45) is 0 Å². The van der Waals surface area contributed by atoms with Crippen LogP contribution in [-0.4, -0.2) is 23.8 Å². The van der Waals surface area contributed by atoms with Crippen molar-refractivity contribution in [1.82, 2.24) is 4.98 Å². The number of carbonyl (C=O) groups excluding carboxylic acids is 2. The second-order valence-corrected chi connectivity index (χ2v) is 6.39. The van der Waals surface area contributed by atoms with Gasteiger partial charge in [0.25, 0.3) is 0 Å². The van der Waals surface area contributed by atoms with E-state index in [1.807, 2.05) is 49.4 Å². The molecule has 28 heavy (non-hydrogen) atoms. The van der Waals surface area contributed by atoms with Gasteiger partial charge in [-0.1, -0.05) is 49.7 Å². The number of esters is 1. The van der Waals surface area contributed by atoms with E-state index in [1.165, 1.54) is 6.08 Å². The van der Waals surface area contributed by atoms with E-state index >= 15 is 0 Å². The van der Waals surface area contributed by atoms with E-state index in [-0.39, 0.29) is 0 Å². The second-order valence-electron chi connectivity index (χ2n) is 6.39. The minimum absolute atomic E-state index is 0.394. The predicted octanol–water partition coefficient (Wildman–Crippen LogP) is 4.92. The van der Waals surface area contributed by atoms with Crippen LogP contribution in [0.3, 0.4) is 0 Å². The summed E-state index contributed by atoms with van der Waals surface area (Å²) >= 11 is 0. The van der Waals surface area contributed by atoms with E-state index in [2.05, 4.69) is 4.98 Å². The number of aldehydes is 1. The average molecular weight is 377 g/mol. The summed E-state index contributed by atoms with van der Waals surface area (Å²) in [7, 11) is 0. The predicted molar refractivity (Wildman–Crippen MR) is 109 cm³/mol.